The summed E-state index contributed by atoms with van der Waals surface area (Å²) in [6.07, 6.45) is 1.03. The molecule has 0 spiro atoms. The number of amides is 1. The maximum atomic E-state index is 13.2. The zero-order valence-corrected chi connectivity index (χ0v) is 15.6. The summed E-state index contributed by atoms with van der Waals surface area (Å²) in [6.45, 7) is 1.28. The van der Waals surface area contributed by atoms with Crippen molar-refractivity contribution < 1.29 is 23.8 Å². The highest BCUT2D eigenvalue weighted by molar-refractivity contribution is 5.68. The number of hydrogen-bond acceptors (Lipinski definition) is 3. The Morgan fingerprint density at radius 2 is 1.71 bits per heavy atom. The van der Waals surface area contributed by atoms with Crippen molar-refractivity contribution in [1.29, 1.82) is 0 Å². The quantitative estimate of drug-likeness (QED) is 0.799. The van der Waals surface area contributed by atoms with Crippen molar-refractivity contribution in [3.8, 4) is 0 Å². The van der Waals surface area contributed by atoms with E-state index in [0.29, 0.717) is 25.9 Å². The van der Waals surface area contributed by atoms with Crippen LogP contribution in [0.1, 0.15) is 36.3 Å². The predicted octanol–water partition coefficient (Wildman–Crippen LogP) is 4.43. The lowest BCUT2D eigenvalue weighted by atomic mass is 9.78. The highest BCUT2D eigenvalue weighted by atomic mass is 19.1. The summed E-state index contributed by atoms with van der Waals surface area (Å²) < 4.78 is 18.6. The van der Waals surface area contributed by atoms with Crippen molar-refractivity contribution in [2.24, 2.45) is 5.92 Å². The third-order valence-electron chi connectivity index (χ3n) is 5.26. The molecule has 2 aromatic carbocycles. The number of nitrogens with zero attached hydrogens (tertiary/aromatic N) is 1. The number of likely N-dealkylation sites (tertiary alicyclic amines) is 1. The number of aliphatic carboxylic acids is 1. The van der Waals surface area contributed by atoms with Crippen LogP contribution in [0.5, 0.6) is 0 Å². The van der Waals surface area contributed by atoms with Crippen molar-refractivity contribution in [1.82, 2.24) is 4.90 Å². The summed E-state index contributed by atoms with van der Waals surface area (Å²) in [5.41, 5.74) is 1.76. The molecule has 0 radical (unpaired) electrons. The van der Waals surface area contributed by atoms with E-state index in [9.17, 15) is 19.1 Å². The van der Waals surface area contributed by atoms with Crippen LogP contribution in [0.2, 0.25) is 0 Å². The number of halogens is 1. The number of piperidine rings is 1. The number of carboxylic acid groups (broad SMARTS) is 1. The molecule has 148 valence electrons. The zero-order valence-electron chi connectivity index (χ0n) is 15.6. The van der Waals surface area contributed by atoms with Crippen molar-refractivity contribution in [3.05, 3.63) is 71.5 Å². The van der Waals surface area contributed by atoms with Gasteiger partial charge in [-0.2, -0.15) is 0 Å². The molecule has 5 nitrogen and oxygen atoms in total. The van der Waals surface area contributed by atoms with Crippen molar-refractivity contribution in [3.63, 3.8) is 0 Å². The van der Waals surface area contributed by atoms with E-state index >= 15 is 0 Å². The van der Waals surface area contributed by atoms with Crippen molar-refractivity contribution in [2.45, 2.75) is 31.8 Å². The second kappa shape index (κ2) is 9.35. The number of rotatable bonds is 6. The molecule has 1 atom stereocenters. The molecule has 0 aliphatic carbocycles. The minimum atomic E-state index is -0.876. The summed E-state index contributed by atoms with van der Waals surface area (Å²) in [5.74, 6) is -1.28. The average Bonchev–Trinajstić information content (AvgIpc) is 2.72. The summed E-state index contributed by atoms with van der Waals surface area (Å²) in [5, 5.41) is 9.29. The van der Waals surface area contributed by atoms with Gasteiger partial charge in [-0.3, -0.25) is 4.79 Å². The molecule has 1 aliphatic heterocycles. The Balaban J connectivity index is 1.56. The maximum absolute atomic E-state index is 13.2. The van der Waals surface area contributed by atoms with Crippen LogP contribution in [0.3, 0.4) is 0 Å². The number of carbonyl (C=O) groups excluding carboxylic acids is 1. The third-order valence-corrected chi connectivity index (χ3v) is 5.26. The van der Waals surface area contributed by atoms with Gasteiger partial charge >= 0.3 is 12.1 Å². The van der Waals surface area contributed by atoms with Crippen LogP contribution < -0.4 is 0 Å². The van der Waals surface area contributed by atoms with E-state index in [-0.39, 0.29) is 36.8 Å². The summed E-state index contributed by atoms with van der Waals surface area (Å²) in [4.78, 5) is 25.3. The number of benzene rings is 2. The van der Waals surface area contributed by atoms with Crippen LogP contribution in [-0.2, 0) is 16.1 Å². The van der Waals surface area contributed by atoms with Gasteiger partial charge in [0, 0.05) is 13.1 Å². The van der Waals surface area contributed by atoms with Gasteiger partial charge in [0.15, 0.2) is 0 Å². The molecule has 0 saturated carbocycles. The first kappa shape index (κ1) is 19.9. The normalized spacial score (nSPS) is 15.8. The van der Waals surface area contributed by atoms with E-state index in [2.05, 4.69) is 0 Å². The lowest BCUT2D eigenvalue weighted by Crippen LogP contribution is -2.40. The van der Waals surface area contributed by atoms with E-state index in [1.54, 1.807) is 17.0 Å². The van der Waals surface area contributed by atoms with E-state index < -0.39 is 5.97 Å². The molecule has 0 aromatic heterocycles. The van der Waals surface area contributed by atoms with Gasteiger partial charge in [-0.15, -0.1) is 0 Å². The second-order valence-electron chi connectivity index (χ2n) is 7.12. The summed E-state index contributed by atoms with van der Waals surface area (Å²) in [7, 11) is 0. The van der Waals surface area contributed by atoms with Gasteiger partial charge in [0.05, 0.1) is 6.42 Å². The molecule has 6 heteroatoms. The topological polar surface area (TPSA) is 66.8 Å². The number of ether oxygens (including phenoxy) is 1. The van der Waals surface area contributed by atoms with Crippen LogP contribution in [0.25, 0.3) is 0 Å². The first-order valence-electron chi connectivity index (χ1n) is 9.46. The zero-order chi connectivity index (χ0) is 19.9. The van der Waals surface area contributed by atoms with Crippen molar-refractivity contribution in [2.75, 3.05) is 13.1 Å². The van der Waals surface area contributed by atoms with Gasteiger partial charge in [-0.05, 0) is 47.9 Å². The molecule has 3 rings (SSSR count). The van der Waals surface area contributed by atoms with Crippen LogP contribution in [-0.4, -0.2) is 35.2 Å². The Morgan fingerprint density at radius 3 is 2.32 bits per heavy atom. The average molecular weight is 385 g/mol. The van der Waals surface area contributed by atoms with Gasteiger partial charge in [0.1, 0.15) is 12.4 Å². The number of carbonyl (C=O) groups is 2. The summed E-state index contributed by atoms with van der Waals surface area (Å²) >= 11 is 0. The molecule has 2 aromatic rings. The van der Waals surface area contributed by atoms with Crippen LogP contribution in [0, 0.1) is 11.7 Å². The van der Waals surface area contributed by atoms with E-state index in [1.807, 2.05) is 30.3 Å². The Kier molecular flexibility index (Phi) is 6.63. The Morgan fingerprint density at radius 1 is 1.07 bits per heavy atom. The van der Waals surface area contributed by atoms with Gasteiger partial charge in [0.2, 0.25) is 0 Å². The molecule has 1 unspecified atom stereocenters. The SMILES string of the molecule is O=C(O)CC(c1ccc(F)cc1)C1CCN(C(=O)OCc2ccccc2)CC1. The Bertz CT molecular complexity index is 786. The number of carboxylic acids is 1. The lowest BCUT2D eigenvalue weighted by Gasteiger charge is -2.35. The summed E-state index contributed by atoms with van der Waals surface area (Å²) in [6, 6.07) is 15.5. The minimum Gasteiger partial charge on any atom is -0.481 e. The smallest absolute Gasteiger partial charge is 0.410 e. The van der Waals surface area contributed by atoms with Gasteiger partial charge in [-0.1, -0.05) is 42.5 Å². The standard InChI is InChI=1S/C22H24FNO4/c23-19-8-6-17(7-9-19)20(14-21(25)26)18-10-12-24(13-11-18)22(27)28-15-16-4-2-1-3-5-16/h1-9,18,20H,10-15H2,(H,25,26). The van der Waals surface area contributed by atoms with E-state index in [0.717, 1.165) is 11.1 Å². The minimum absolute atomic E-state index is 0.00521. The fourth-order valence-corrected chi connectivity index (χ4v) is 3.75. The van der Waals surface area contributed by atoms with E-state index in [1.165, 1.54) is 12.1 Å². The van der Waals surface area contributed by atoms with Gasteiger partial charge in [-0.25, -0.2) is 9.18 Å². The molecule has 1 saturated heterocycles. The molecule has 1 fully saturated rings. The maximum Gasteiger partial charge on any atom is 0.410 e. The predicted molar refractivity (Wildman–Crippen MR) is 102 cm³/mol. The van der Waals surface area contributed by atoms with Gasteiger partial charge < -0.3 is 14.7 Å². The monoisotopic (exact) mass is 385 g/mol. The molecule has 1 amide bonds. The van der Waals surface area contributed by atoms with Crippen molar-refractivity contribution >= 4 is 12.1 Å². The van der Waals surface area contributed by atoms with E-state index in [4.69, 9.17) is 4.74 Å². The molecule has 1 aliphatic rings. The molecule has 0 bridgehead atoms. The third kappa shape index (κ3) is 5.31. The first-order valence-corrected chi connectivity index (χ1v) is 9.46. The Labute approximate surface area is 163 Å². The van der Waals surface area contributed by atoms with Crippen LogP contribution in [0.4, 0.5) is 9.18 Å². The first-order chi connectivity index (χ1) is 13.5. The highest BCUT2D eigenvalue weighted by Crippen LogP contribution is 2.35. The van der Waals surface area contributed by atoms with Crippen LogP contribution >= 0.6 is 0 Å². The largest absolute Gasteiger partial charge is 0.481 e. The molecule has 1 heterocycles. The fourth-order valence-electron chi connectivity index (χ4n) is 3.75. The second-order valence-corrected chi connectivity index (χ2v) is 7.12. The van der Waals surface area contributed by atoms with Gasteiger partial charge in [0.25, 0.3) is 0 Å². The highest BCUT2D eigenvalue weighted by Gasteiger charge is 2.31. The molecule has 1 N–H and O–H groups in total. The number of hydrogen-bond donors (Lipinski definition) is 1. The molecule has 28 heavy (non-hydrogen) atoms. The molecular formula is C22H24FNO4. The Hall–Kier alpha value is -2.89. The lowest BCUT2D eigenvalue weighted by molar-refractivity contribution is -0.137. The fraction of sp³-hybridized carbons (Fsp3) is 0.364. The van der Waals surface area contributed by atoms with Crippen LogP contribution in [0.15, 0.2) is 54.6 Å². The molecular weight excluding hydrogens is 361 g/mol.